The summed E-state index contributed by atoms with van der Waals surface area (Å²) in [6.45, 7) is 6.30. The fourth-order valence-electron chi connectivity index (χ4n) is 2.16. The second-order valence-corrected chi connectivity index (χ2v) is 5.87. The lowest BCUT2D eigenvalue weighted by atomic mass is 9.90. The van der Waals surface area contributed by atoms with Crippen molar-refractivity contribution in [2.24, 2.45) is 16.1 Å². The fourth-order valence-corrected chi connectivity index (χ4v) is 2.16. The van der Waals surface area contributed by atoms with E-state index in [-0.39, 0.29) is 5.41 Å². The maximum Gasteiger partial charge on any atom is 0.105 e. The lowest BCUT2D eigenvalue weighted by molar-refractivity contribution is 0.585. The zero-order valence-corrected chi connectivity index (χ0v) is 11.1. The topological polar surface area (TPSA) is 38.4 Å². The van der Waals surface area contributed by atoms with E-state index in [0.29, 0.717) is 0 Å². The van der Waals surface area contributed by atoms with E-state index in [9.17, 15) is 0 Å². The lowest BCUT2D eigenvalue weighted by Crippen LogP contribution is -2.28. The molecule has 0 saturated carbocycles. The minimum Gasteiger partial charge on any atom is -0.387 e. The van der Waals surface area contributed by atoms with Crippen LogP contribution in [0.1, 0.15) is 44.7 Å². The Morgan fingerprint density at radius 1 is 1.18 bits per heavy atom. The fraction of sp³-hybridized carbons (Fsp3) is 0.533. The van der Waals surface area contributed by atoms with E-state index < -0.39 is 0 Å². The smallest absolute Gasteiger partial charge is 0.105 e. The predicted octanol–water partition coefficient (Wildman–Crippen LogP) is 3.60. The Morgan fingerprint density at radius 3 is 2.59 bits per heavy atom. The molecule has 92 valence electrons. The van der Waals surface area contributed by atoms with Crippen molar-refractivity contribution >= 4 is 11.5 Å². The molecular formula is C15H22N2. The van der Waals surface area contributed by atoms with E-state index >= 15 is 0 Å². The highest BCUT2D eigenvalue weighted by molar-refractivity contribution is 5.88. The number of rotatable bonds is 1. The van der Waals surface area contributed by atoms with Gasteiger partial charge in [-0.25, -0.2) is 4.99 Å². The standard InChI is InChI=1S/C15H22N2/c1-15(2,3)14(16)17-13-10-6-8-11-7-4-5-9-12(11)13/h6,8,10H,4-5,7,9H2,1-3H3,(H2,16,17). The average molecular weight is 230 g/mol. The van der Waals surface area contributed by atoms with Crippen molar-refractivity contribution < 1.29 is 0 Å². The Balaban J connectivity index is 2.40. The number of hydrogen-bond acceptors (Lipinski definition) is 1. The first-order valence-electron chi connectivity index (χ1n) is 6.44. The second kappa shape index (κ2) is 4.52. The van der Waals surface area contributed by atoms with Gasteiger partial charge in [0.15, 0.2) is 0 Å². The van der Waals surface area contributed by atoms with Gasteiger partial charge < -0.3 is 5.73 Å². The Bertz CT molecular complexity index is 439. The van der Waals surface area contributed by atoms with Crippen LogP contribution in [0.25, 0.3) is 0 Å². The van der Waals surface area contributed by atoms with Gasteiger partial charge in [0.25, 0.3) is 0 Å². The van der Waals surface area contributed by atoms with Crippen LogP contribution in [0.3, 0.4) is 0 Å². The van der Waals surface area contributed by atoms with Crippen LogP contribution in [-0.2, 0) is 12.8 Å². The quantitative estimate of drug-likeness (QED) is 0.581. The van der Waals surface area contributed by atoms with Gasteiger partial charge in [0.05, 0.1) is 5.69 Å². The van der Waals surface area contributed by atoms with Crippen molar-refractivity contribution in [2.45, 2.75) is 46.5 Å². The number of benzene rings is 1. The molecule has 1 aromatic carbocycles. The molecule has 2 N–H and O–H groups in total. The van der Waals surface area contributed by atoms with Gasteiger partial charge >= 0.3 is 0 Å². The van der Waals surface area contributed by atoms with Crippen LogP contribution in [0.15, 0.2) is 23.2 Å². The molecule has 0 heterocycles. The van der Waals surface area contributed by atoms with Crippen LogP contribution in [0.4, 0.5) is 5.69 Å². The SMILES string of the molecule is CC(C)(C)C(N)=Nc1cccc2c1CCCC2. The third kappa shape index (κ3) is 2.68. The summed E-state index contributed by atoms with van der Waals surface area (Å²) >= 11 is 0. The number of aryl methyl sites for hydroxylation is 1. The highest BCUT2D eigenvalue weighted by Crippen LogP contribution is 2.30. The molecule has 0 radical (unpaired) electrons. The number of nitrogens with two attached hydrogens (primary N) is 1. The summed E-state index contributed by atoms with van der Waals surface area (Å²) < 4.78 is 0. The van der Waals surface area contributed by atoms with Gasteiger partial charge in [-0.2, -0.15) is 0 Å². The molecule has 0 bridgehead atoms. The minimum absolute atomic E-state index is 0.0581. The molecule has 1 aliphatic rings. The molecule has 17 heavy (non-hydrogen) atoms. The Kier molecular flexibility index (Phi) is 3.23. The zero-order valence-electron chi connectivity index (χ0n) is 11.1. The third-order valence-corrected chi connectivity index (χ3v) is 3.38. The van der Waals surface area contributed by atoms with Crippen molar-refractivity contribution in [3.05, 3.63) is 29.3 Å². The number of aliphatic imine (C=N–C) groups is 1. The van der Waals surface area contributed by atoms with Crippen molar-refractivity contribution in [3.63, 3.8) is 0 Å². The van der Waals surface area contributed by atoms with Gasteiger partial charge in [-0.05, 0) is 42.9 Å². The molecule has 2 rings (SSSR count). The van der Waals surface area contributed by atoms with Crippen molar-refractivity contribution in [2.75, 3.05) is 0 Å². The molecule has 0 aliphatic heterocycles. The summed E-state index contributed by atoms with van der Waals surface area (Å²) in [6, 6.07) is 6.41. The summed E-state index contributed by atoms with van der Waals surface area (Å²) in [6.07, 6.45) is 4.91. The zero-order chi connectivity index (χ0) is 12.5. The van der Waals surface area contributed by atoms with Crippen LogP contribution < -0.4 is 5.73 Å². The van der Waals surface area contributed by atoms with Crippen molar-refractivity contribution in [3.8, 4) is 0 Å². The highest BCUT2D eigenvalue weighted by Gasteiger charge is 2.17. The van der Waals surface area contributed by atoms with E-state index in [1.165, 1.54) is 30.4 Å². The van der Waals surface area contributed by atoms with E-state index in [2.05, 4.69) is 44.0 Å². The summed E-state index contributed by atoms with van der Waals surface area (Å²) in [5, 5.41) is 0. The number of fused-ring (bicyclic) bond motifs is 1. The van der Waals surface area contributed by atoms with Crippen LogP contribution >= 0.6 is 0 Å². The largest absolute Gasteiger partial charge is 0.387 e. The van der Waals surface area contributed by atoms with E-state index in [1.54, 1.807) is 0 Å². The van der Waals surface area contributed by atoms with Crippen molar-refractivity contribution in [1.82, 2.24) is 0 Å². The maximum absolute atomic E-state index is 6.07. The van der Waals surface area contributed by atoms with Crippen molar-refractivity contribution in [1.29, 1.82) is 0 Å². The second-order valence-electron chi connectivity index (χ2n) is 5.87. The van der Waals surface area contributed by atoms with Gasteiger partial charge in [0.1, 0.15) is 5.84 Å². The molecule has 0 saturated heterocycles. The molecule has 2 heteroatoms. The van der Waals surface area contributed by atoms with Crippen LogP contribution in [0.2, 0.25) is 0 Å². The molecule has 0 atom stereocenters. The molecule has 0 fully saturated rings. The van der Waals surface area contributed by atoms with Gasteiger partial charge in [-0.1, -0.05) is 32.9 Å². The number of nitrogens with zero attached hydrogens (tertiary/aromatic N) is 1. The van der Waals surface area contributed by atoms with Gasteiger partial charge in [-0.3, -0.25) is 0 Å². The molecule has 1 aliphatic carbocycles. The minimum atomic E-state index is -0.0581. The molecular weight excluding hydrogens is 208 g/mol. The maximum atomic E-state index is 6.07. The summed E-state index contributed by atoms with van der Waals surface area (Å²) in [7, 11) is 0. The molecule has 2 nitrogen and oxygen atoms in total. The van der Waals surface area contributed by atoms with Crippen LogP contribution in [-0.4, -0.2) is 5.84 Å². The molecule has 0 unspecified atom stereocenters. The van der Waals surface area contributed by atoms with Crippen LogP contribution in [0, 0.1) is 5.41 Å². The Hall–Kier alpha value is -1.31. The molecule has 0 aromatic heterocycles. The van der Waals surface area contributed by atoms with Gasteiger partial charge in [0.2, 0.25) is 0 Å². The molecule has 0 spiro atoms. The lowest BCUT2D eigenvalue weighted by Gasteiger charge is -2.20. The summed E-state index contributed by atoms with van der Waals surface area (Å²) in [5.41, 5.74) is 9.95. The molecule has 0 amide bonds. The van der Waals surface area contributed by atoms with Gasteiger partial charge in [-0.15, -0.1) is 0 Å². The highest BCUT2D eigenvalue weighted by atomic mass is 14.9. The summed E-state index contributed by atoms with van der Waals surface area (Å²) in [4.78, 5) is 4.64. The number of hydrogen-bond donors (Lipinski definition) is 1. The Labute approximate surface area is 104 Å². The summed E-state index contributed by atoms with van der Waals surface area (Å²) in [5.74, 6) is 0.719. The first kappa shape index (κ1) is 12.2. The normalized spacial score (nSPS) is 16.8. The third-order valence-electron chi connectivity index (χ3n) is 3.38. The number of amidine groups is 1. The van der Waals surface area contributed by atoms with Gasteiger partial charge in [0, 0.05) is 5.41 Å². The first-order chi connectivity index (χ1) is 7.98. The first-order valence-corrected chi connectivity index (χ1v) is 6.44. The van der Waals surface area contributed by atoms with E-state index in [0.717, 1.165) is 17.9 Å². The van der Waals surface area contributed by atoms with E-state index in [1.807, 2.05) is 0 Å². The van der Waals surface area contributed by atoms with Crippen LogP contribution in [0.5, 0.6) is 0 Å². The Morgan fingerprint density at radius 2 is 1.88 bits per heavy atom. The average Bonchev–Trinajstić information content (AvgIpc) is 2.28. The van der Waals surface area contributed by atoms with E-state index in [4.69, 9.17) is 5.73 Å². The predicted molar refractivity (Wildman–Crippen MR) is 73.8 cm³/mol. The monoisotopic (exact) mass is 230 g/mol. The molecule has 1 aromatic rings.